The molecule has 140 valence electrons. The summed E-state index contributed by atoms with van der Waals surface area (Å²) in [7, 11) is 1.49. The molecule has 1 aromatic carbocycles. The number of benzene rings is 1. The predicted molar refractivity (Wildman–Crippen MR) is 90.5 cm³/mol. The highest BCUT2D eigenvalue weighted by Gasteiger charge is 2.33. The monoisotopic (exact) mass is 376 g/mol. The second kappa shape index (κ2) is 7.48. The Bertz CT molecular complexity index is 936. The van der Waals surface area contributed by atoms with Crippen molar-refractivity contribution in [3.05, 3.63) is 71.7 Å². The van der Waals surface area contributed by atoms with Gasteiger partial charge in [-0.1, -0.05) is 6.07 Å². The number of hydrogen-bond donors (Lipinski definition) is 1. The smallest absolute Gasteiger partial charge is 0.435 e. The Kier molecular flexibility index (Phi) is 5.11. The third kappa shape index (κ3) is 4.25. The fourth-order valence-electron chi connectivity index (χ4n) is 2.40. The van der Waals surface area contributed by atoms with E-state index in [1.54, 1.807) is 18.3 Å². The molecular formula is C18H15F3N4O2. The number of ether oxygens (including phenoxy) is 1. The number of carbonyl (C=O) groups is 1. The van der Waals surface area contributed by atoms with E-state index in [1.165, 1.54) is 37.6 Å². The fraction of sp³-hybridized carbons (Fsp3) is 0.167. The average Bonchev–Trinajstić information content (AvgIpc) is 3.17. The fourth-order valence-corrected chi connectivity index (χ4v) is 2.40. The Balaban J connectivity index is 1.68. The lowest BCUT2D eigenvalue weighted by molar-refractivity contribution is -0.141. The van der Waals surface area contributed by atoms with E-state index in [2.05, 4.69) is 15.4 Å². The molecule has 0 saturated carbocycles. The van der Waals surface area contributed by atoms with Crippen LogP contribution in [0.25, 0.3) is 5.69 Å². The number of hydrogen-bond acceptors (Lipinski definition) is 4. The quantitative estimate of drug-likeness (QED) is 0.742. The number of pyridine rings is 1. The number of rotatable bonds is 5. The average molecular weight is 376 g/mol. The predicted octanol–water partition coefficient (Wildman–Crippen LogP) is 3.22. The molecule has 2 heterocycles. The second-order valence-corrected chi connectivity index (χ2v) is 5.54. The zero-order valence-corrected chi connectivity index (χ0v) is 14.2. The molecule has 0 aliphatic rings. The maximum atomic E-state index is 12.6. The van der Waals surface area contributed by atoms with Crippen molar-refractivity contribution in [2.24, 2.45) is 0 Å². The Morgan fingerprint density at radius 2 is 1.93 bits per heavy atom. The zero-order chi connectivity index (χ0) is 19.4. The van der Waals surface area contributed by atoms with Gasteiger partial charge in [0.1, 0.15) is 0 Å². The number of aromatic nitrogens is 3. The van der Waals surface area contributed by atoms with E-state index >= 15 is 0 Å². The van der Waals surface area contributed by atoms with Crippen molar-refractivity contribution in [1.82, 2.24) is 20.1 Å². The van der Waals surface area contributed by atoms with Gasteiger partial charge < -0.3 is 10.1 Å². The normalized spacial score (nSPS) is 11.3. The molecule has 1 N–H and O–H groups in total. The van der Waals surface area contributed by atoms with Crippen molar-refractivity contribution >= 4 is 5.91 Å². The third-order valence-corrected chi connectivity index (χ3v) is 3.76. The van der Waals surface area contributed by atoms with Crippen LogP contribution in [0.4, 0.5) is 13.2 Å². The van der Waals surface area contributed by atoms with E-state index in [4.69, 9.17) is 4.74 Å². The molecule has 1 amide bonds. The summed E-state index contributed by atoms with van der Waals surface area (Å²) < 4.78 is 44.1. The Morgan fingerprint density at radius 1 is 1.19 bits per heavy atom. The number of carbonyl (C=O) groups excluding carboxylic acids is 1. The van der Waals surface area contributed by atoms with Crippen LogP contribution in [-0.4, -0.2) is 27.8 Å². The van der Waals surface area contributed by atoms with Gasteiger partial charge in [-0.15, -0.1) is 0 Å². The Labute approximate surface area is 152 Å². The maximum absolute atomic E-state index is 12.6. The number of halogens is 3. The first-order chi connectivity index (χ1) is 12.9. The minimum absolute atomic E-state index is 0.228. The van der Waals surface area contributed by atoms with Crippen LogP contribution in [0, 0.1) is 0 Å². The van der Waals surface area contributed by atoms with Crippen LogP contribution in [0.1, 0.15) is 21.6 Å². The first kappa shape index (κ1) is 18.4. The van der Waals surface area contributed by atoms with E-state index in [0.29, 0.717) is 17.1 Å². The van der Waals surface area contributed by atoms with Crippen LogP contribution >= 0.6 is 0 Å². The Hall–Kier alpha value is -3.36. The third-order valence-electron chi connectivity index (χ3n) is 3.76. The molecule has 6 nitrogen and oxygen atoms in total. The molecule has 0 saturated heterocycles. The molecule has 9 heteroatoms. The van der Waals surface area contributed by atoms with E-state index in [1.807, 2.05) is 0 Å². The highest BCUT2D eigenvalue weighted by atomic mass is 19.4. The summed E-state index contributed by atoms with van der Waals surface area (Å²) in [6.45, 7) is 0.228. The number of methoxy groups -OCH3 is 1. The summed E-state index contributed by atoms with van der Waals surface area (Å²) in [6, 6.07) is 10.5. The molecule has 0 aliphatic heterocycles. The van der Waals surface area contributed by atoms with Crippen LogP contribution in [0.3, 0.4) is 0 Å². The van der Waals surface area contributed by atoms with Gasteiger partial charge in [-0.3, -0.25) is 4.79 Å². The molecular weight excluding hydrogens is 361 g/mol. The van der Waals surface area contributed by atoms with Gasteiger partial charge >= 0.3 is 6.18 Å². The van der Waals surface area contributed by atoms with Crippen molar-refractivity contribution in [3.63, 3.8) is 0 Å². The summed E-state index contributed by atoms with van der Waals surface area (Å²) in [5.41, 5.74) is 0.525. The van der Waals surface area contributed by atoms with Crippen molar-refractivity contribution in [3.8, 4) is 11.6 Å². The lowest BCUT2D eigenvalue weighted by Crippen LogP contribution is -2.23. The number of nitrogens with one attached hydrogen (secondary N) is 1. The highest BCUT2D eigenvalue weighted by Crippen LogP contribution is 2.27. The topological polar surface area (TPSA) is 69.0 Å². The number of nitrogens with zero attached hydrogens (tertiary/aromatic N) is 3. The van der Waals surface area contributed by atoms with Crippen molar-refractivity contribution in [1.29, 1.82) is 0 Å². The summed E-state index contributed by atoms with van der Waals surface area (Å²) in [4.78, 5) is 16.3. The molecule has 27 heavy (non-hydrogen) atoms. The van der Waals surface area contributed by atoms with Gasteiger partial charge in [-0.05, 0) is 36.4 Å². The van der Waals surface area contributed by atoms with Gasteiger partial charge in [0.25, 0.3) is 5.91 Å². The van der Waals surface area contributed by atoms with E-state index in [-0.39, 0.29) is 12.5 Å². The molecule has 3 aromatic rings. The summed E-state index contributed by atoms with van der Waals surface area (Å²) in [5, 5.41) is 6.23. The lowest BCUT2D eigenvalue weighted by atomic mass is 10.2. The van der Waals surface area contributed by atoms with Crippen LogP contribution in [0.2, 0.25) is 0 Å². The van der Waals surface area contributed by atoms with Gasteiger partial charge in [-0.2, -0.15) is 18.3 Å². The molecule has 0 spiro atoms. The largest absolute Gasteiger partial charge is 0.481 e. The zero-order valence-electron chi connectivity index (χ0n) is 14.2. The van der Waals surface area contributed by atoms with Crippen LogP contribution in [0.5, 0.6) is 5.88 Å². The van der Waals surface area contributed by atoms with Crippen LogP contribution in [0.15, 0.2) is 54.9 Å². The van der Waals surface area contributed by atoms with Crippen molar-refractivity contribution in [2.45, 2.75) is 12.7 Å². The molecule has 0 fully saturated rings. The minimum atomic E-state index is -4.50. The van der Waals surface area contributed by atoms with Crippen molar-refractivity contribution in [2.75, 3.05) is 7.11 Å². The molecule has 0 bridgehead atoms. The standard InChI is InChI=1S/C18H15F3N4O2/c1-27-17-13(3-2-9-22-17)11-23-16(26)12-4-6-14(7-5-12)25-10-8-15(24-25)18(19,20)21/h2-10H,11H2,1H3,(H,23,26). The lowest BCUT2D eigenvalue weighted by Gasteiger charge is -2.09. The first-order valence-electron chi connectivity index (χ1n) is 7.88. The molecule has 0 radical (unpaired) electrons. The Morgan fingerprint density at radius 3 is 2.56 bits per heavy atom. The van der Waals surface area contributed by atoms with Gasteiger partial charge in [0.15, 0.2) is 5.69 Å². The van der Waals surface area contributed by atoms with Crippen LogP contribution < -0.4 is 10.1 Å². The molecule has 2 aromatic heterocycles. The second-order valence-electron chi connectivity index (χ2n) is 5.54. The highest BCUT2D eigenvalue weighted by molar-refractivity contribution is 5.94. The van der Waals surface area contributed by atoms with Gasteiger partial charge in [0, 0.05) is 30.1 Å². The van der Waals surface area contributed by atoms with Gasteiger partial charge in [0.2, 0.25) is 5.88 Å². The van der Waals surface area contributed by atoms with E-state index < -0.39 is 11.9 Å². The van der Waals surface area contributed by atoms with E-state index in [0.717, 1.165) is 16.3 Å². The van der Waals surface area contributed by atoms with E-state index in [9.17, 15) is 18.0 Å². The first-order valence-corrected chi connectivity index (χ1v) is 7.88. The molecule has 0 aliphatic carbocycles. The molecule has 0 unspecified atom stereocenters. The van der Waals surface area contributed by atoms with Gasteiger partial charge in [-0.25, -0.2) is 9.67 Å². The SMILES string of the molecule is COc1ncccc1CNC(=O)c1ccc(-n2ccc(C(F)(F)F)n2)cc1. The minimum Gasteiger partial charge on any atom is -0.481 e. The molecule has 0 atom stereocenters. The summed E-state index contributed by atoms with van der Waals surface area (Å²) in [6.07, 6.45) is -1.70. The molecule has 3 rings (SSSR count). The van der Waals surface area contributed by atoms with Crippen molar-refractivity contribution < 1.29 is 22.7 Å². The number of amides is 1. The number of alkyl halides is 3. The summed E-state index contributed by atoms with van der Waals surface area (Å²) in [5.74, 6) is 0.0937. The van der Waals surface area contributed by atoms with Crippen LogP contribution in [-0.2, 0) is 12.7 Å². The van der Waals surface area contributed by atoms with Gasteiger partial charge in [0.05, 0.1) is 12.8 Å². The summed E-state index contributed by atoms with van der Waals surface area (Å²) >= 11 is 0. The maximum Gasteiger partial charge on any atom is 0.435 e.